The van der Waals surface area contributed by atoms with E-state index in [4.69, 9.17) is 4.74 Å². The number of carbonyl (C=O) groups excluding carboxylic acids is 2. The van der Waals surface area contributed by atoms with Crippen molar-refractivity contribution in [3.8, 4) is 33.8 Å². The topological polar surface area (TPSA) is 117 Å². The lowest BCUT2D eigenvalue weighted by atomic mass is 9.90. The molecule has 1 aromatic heterocycles. The fraction of sp³-hybridized carbons (Fsp3) is 0.300. The smallest absolute Gasteiger partial charge is 0.269 e. The van der Waals surface area contributed by atoms with Crippen molar-refractivity contribution in [1.29, 1.82) is 0 Å². The SMILES string of the molecule is O=C1CCC(n2ncc(N3CCN(CCCCCOc4ccc(-c5c(-c6ccccc6)ccc6cc(O)ccc56)cc4)CC3)cc2=O)C(=O)N1. The third-order valence-electron chi connectivity index (χ3n) is 9.67. The van der Waals surface area contributed by atoms with Crippen molar-refractivity contribution in [3.63, 3.8) is 0 Å². The molecule has 0 spiro atoms. The van der Waals surface area contributed by atoms with E-state index < -0.39 is 11.9 Å². The van der Waals surface area contributed by atoms with Gasteiger partial charge in [0.15, 0.2) is 0 Å². The summed E-state index contributed by atoms with van der Waals surface area (Å²) in [6, 6.07) is 29.2. The van der Waals surface area contributed by atoms with E-state index in [-0.39, 0.29) is 30.1 Å². The van der Waals surface area contributed by atoms with Crippen LogP contribution in [0.3, 0.4) is 0 Å². The van der Waals surface area contributed by atoms with E-state index in [0.717, 1.165) is 96.4 Å². The molecule has 0 bridgehead atoms. The summed E-state index contributed by atoms with van der Waals surface area (Å²) in [5.41, 5.74) is 4.95. The Hall–Kier alpha value is -5.48. The predicted octanol–water partition coefficient (Wildman–Crippen LogP) is 5.79. The fourth-order valence-corrected chi connectivity index (χ4v) is 6.97. The van der Waals surface area contributed by atoms with Crippen molar-refractivity contribution in [2.75, 3.05) is 44.2 Å². The molecule has 2 amide bonds. The van der Waals surface area contributed by atoms with E-state index in [1.807, 2.05) is 24.3 Å². The fourth-order valence-electron chi connectivity index (χ4n) is 6.97. The summed E-state index contributed by atoms with van der Waals surface area (Å²) in [5.74, 6) is 0.315. The van der Waals surface area contributed by atoms with Crippen molar-refractivity contribution in [2.24, 2.45) is 0 Å². The zero-order chi connectivity index (χ0) is 34.5. The zero-order valence-electron chi connectivity index (χ0n) is 28.0. The molecule has 256 valence electrons. The van der Waals surface area contributed by atoms with Crippen LogP contribution in [0, 0.1) is 0 Å². The molecule has 7 rings (SSSR count). The van der Waals surface area contributed by atoms with E-state index in [0.29, 0.717) is 6.61 Å². The number of benzene rings is 4. The molecule has 1 atom stereocenters. The van der Waals surface area contributed by atoms with Gasteiger partial charge in [-0.05, 0) is 89.5 Å². The lowest BCUT2D eigenvalue weighted by Crippen LogP contribution is -2.47. The second kappa shape index (κ2) is 15.0. The number of amides is 2. The number of nitrogens with one attached hydrogen (secondary N) is 1. The van der Waals surface area contributed by atoms with E-state index in [1.165, 1.54) is 10.7 Å². The van der Waals surface area contributed by atoms with Gasteiger partial charge in [0.25, 0.3) is 11.5 Å². The molecule has 2 aliphatic rings. The third kappa shape index (κ3) is 7.40. The number of phenolic OH excluding ortho intramolecular Hbond substituents is 1. The number of rotatable bonds is 11. The Kier molecular flexibility index (Phi) is 9.89. The number of aromatic nitrogens is 2. The summed E-state index contributed by atoms with van der Waals surface area (Å²) >= 11 is 0. The van der Waals surface area contributed by atoms with Crippen LogP contribution in [0.2, 0.25) is 0 Å². The number of unbranched alkanes of at least 4 members (excludes halogenated alkanes) is 2. The van der Waals surface area contributed by atoms with Gasteiger partial charge in [-0.3, -0.25) is 24.6 Å². The van der Waals surface area contributed by atoms with Crippen molar-refractivity contribution >= 4 is 28.3 Å². The largest absolute Gasteiger partial charge is 0.508 e. The maximum atomic E-state index is 12.8. The number of hydrogen-bond acceptors (Lipinski definition) is 8. The number of ether oxygens (including phenoxy) is 1. The minimum absolute atomic E-state index is 0.201. The molecule has 10 nitrogen and oxygen atoms in total. The second-order valence-electron chi connectivity index (χ2n) is 13.0. The summed E-state index contributed by atoms with van der Waals surface area (Å²) < 4.78 is 7.30. The van der Waals surface area contributed by atoms with Gasteiger partial charge in [-0.15, -0.1) is 0 Å². The molecular weight excluding hydrogens is 630 g/mol. The molecule has 0 saturated carbocycles. The molecule has 2 fully saturated rings. The van der Waals surface area contributed by atoms with Gasteiger partial charge in [0.1, 0.15) is 17.5 Å². The van der Waals surface area contributed by atoms with Crippen LogP contribution in [-0.2, 0) is 9.59 Å². The number of fused-ring (bicyclic) bond motifs is 1. The van der Waals surface area contributed by atoms with E-state index in [9.17, 15) is 19.5 Å². The van der Waals surface area contributed by atoms with Crippen molar-refractivity contribution in [3.05, 3.63) is 108 Å². The van der Waals surface area contributed by atoms with Crippen LogP contribution < -0.4 is 20.5 Å². The molecule has 4 aromatic carbocycles. The first-order chi connectivity index (χ1) is 24.4. The maximum Gasteiger partial charge on any atom is 0.269 e. The van der Waals surface area contributed by atoms with Gasteiger partial charge in [0.05, 0.1) is 18.5 Å². The molecule has 0 aliphatic carbocycles. The van der Waals surface area contributed by atoms with Gasteiger partial charge in [0.2, 0.25) is 5.91 Å². The maximum absolute atomic E-state index is 12.8. The van der Waals surface area contributed by atoms with E-state index >= 15 is 0 Å². The molecule has 2 saturated heterocycles. The molecule has 0 radical (unpaired) electrons. The average molecular weight is 672 g/mol. The van der Waals surface area contributed by atoms with Crippen molar-refractivity contribution < 1.29 is 19.4 Å². The number of piperidine rings is 1. The predicted molar refractivity (Wildman–Crippen MR) is 194 cm³/mol. The van der Waals surface area contributed by atoms with E-state index in [1.54, 1.807) is 18.3 Å². The molecule has 3 heterocycles. The minimum Gasteiger partial charge on any atom is -0.508 e. The average Bonchev–Trinajstić information content (AvgIpc) is 3.14. The molecule has 2 N–H and O–H groups in total. The molecule has 10 heteroatoms. The highest BCUT2D eigenvalue weighted by atomic mass is 16.5. The Labute approximate surface area is 290 Å². The van der Waals surface area contributed by atoms with Crippen LogP contribution in [0.25, 0.3) is 33.0 Å². The zero-order valence-corrected chi connectivity index (χ0v) is 28.0. The highest BCUT2D eigenvalue weighted by Gasteiger charge is 2.30. The first kappa shape index (κ1) is 33.0. The molecule has 2 aliphatic heterocycles. The van der Waals surface area contributed by atoms with Gasteiger partial charge >= 0.3 is 0 Å². The highest BCUT2D eigenvalue weighted by Crippen LogP contribution is 2.39. The molecular formula is C40H41N5O5. The standard InChI is InChI=1S/C40H41N5O5/c46-32-12-16-35-30(25-32)11-15-34(28-7-3-1-4-8-28)39(35)29-9-13-33(14-10-29)50-24-6-2-5-19-43-20-22-44(23-21-43)31-26-38(48)45(41-27-31)36-17-18-37(47)42-40(36)49/h1,3-4,7-16,25-27,36,46H,2,5-6,17-24H2,(H,42,47,49). The number of nitrogens with zero attached hydrogens (tertiary/aromatic N) is 4. The van der Waals surface area contributed by atoms with Crippen LogP contribution in [0.15, 0.2) is 102 Å². The number of anilines is 1. The number of phenols is 1. The second-order valence-corrected chi connectivity index (χ2v) is 13.0. The number of carbonyl (C=O) groups is 2. The first-order valence-corrected chi connectivity index (χ1v) is 17.4. The minimum atomic E-state index is -0.746. The number of hydrogen-bond donors (Lipinski definition) is 2. The van der Waals surface area contributed by atoms with Crippen LogP contribution in [0.5, 0.6) is 11.5 Å². The summed E-state index contributed by atoms with van der Waals surface area (Å²) in [5, 5.41) is 18.7. The Morgan fingerprint density at radius 2 is 1.62 bits per heavy atom. The van der Waals surface area contributed by atoms with Gasteiger partial charge in [-0.2, -0.15) is 5.10 Å². The van der Waals surface area contributed by atoms with Gasteiger partial charge in [-0.25, -0.2) is 4.68 Å². The number of imide groups is 1. The lowest BCUT2D eigenvalue weighted by Gasteiger charge is -2.36. The Morgan fingerprint density at radius 1 is 0.820 bits per heavy atom. The molecule has 50 heavy (non-hydrogen) atoms. The van der Waals surface area contributed by atoms with Crippen LogP contribution in [0.4, 0.5) is 5.69 Å². The third-order valence-corrected chi connectivity index (χ3v) is 9.67. The lowest BCUT2D eigenvalue weighted by molar-refractivity contribution is -0.136. The van der Waals surface area contributed by atoms with Gasteiger partial charge in [-0.1, -0.05) is 60.7 Å². The monoisotopic (exact) mass is 671 g/mol. The quantitative estimate of drug-likeness (QED) is 0.134. The number of aromatic hydroxyl groups is 1. The van der Waals surface area contributed by atoms with Crippen molar-refractivity contribution in [1.82, 2.24) is 20.0 Å². The first-order valence-electron chi connectivity index (χ1n) is 17.4. The van der Waals surface area contributed by atoms with Crippen molar-refractivity contribution in [2.45, 2.75) is 38.1 Å². The van der Waals surface area contributed by atoms with Crippen LogP contribution in [0.1, 0.15) is 38.1 Å². The molecule has 1 unspecified atom stereocenters. The van der Waals surface area contributed by atoms with E-state index in [2.05, 4.69) is 68.7 Å². The van der Waals surface area contributed by atoms with Gasteiger partial charge < -0.3 is 14.7 Å². The Morgan fingerprint density at radius 3 is 2.38 bits per heavy atom. The normalized spacial score (nSPS) is 16.8. The summed E-state index contributed by atoms with van der Waals surface area (Å²) in [7, 11) is 0. The molecule has 5 aromatic rings. The van der Waals surface area contributed by atoms with Gasteiger partial charge in [0, 0.05) is 38.7 Å². The van der Waals surface area contributed by atoms with Crippen LogP contribution >= 0.6 is 0 Å². The van der Waals surface area contributed by atoms with Crippen LogP contribution in [-0.4, -0.2) is 70.9 Å². The highest BCUT2D eigenvalue weighted by molar-refractivity contribution is 6.04. The summed E-state index contributed by atoms with van der Waals surface area (Å²) in [6.07, 6.45) is 5.27. The summed E-state index contributed by atoms with van der Waals surface area (Å²) in [4.78, 5) is 41.0. The Bertz CT molecular complexity index is 2040. The Balaban J connectivity index is 0.865. The number of piperazine rings is 1. The summed E-state index contributed by atoms with van der Waals surface area (Å²) in [6.45, 7) is 5.09.